The molecular formula is C20H23Cl2N3O. The number of nitrogens with zero attached hydrogens (tertiary/aromatic N) is 2. The Balaban J connectivity index is 1.52. The Labute approximate surface area is 164 Å². The molecule has 0 unspecified atom stereocenters. The topological polar surface area (TPSA) is 35.6 Å². The zero-order valence-corrected chi connectivity index (χ0v) is 16.6. The second-order valence-corrected chi connectivity index (χ2v) is 7.55. The fraction of sp³-hybridized carbons (Fsp3) is 0.350. The second-order valence-electron chi connectivity index (χ2n) is 6.70. The summed E-state index contributed by atoms with van der Waals surface area (Å²) < 4.78 is 0. The van der Waals surface area contributed by atoms with Crippen molar-refractivity contribution in [3.8, 4) is 0 Å². The number of carbonyl (C=O) groups is 1. The summed E-state index contributed by atoms with van der Waals surface area (Å²) in [5.41, 5.74) is 4.42. The molecule has 0 spiro atoms. The van der Waals surface area contributed by atoms with Gasteiger partial charge in [-0.3, -0.25) is 9.69 Å². The van der Waals surface area contributed by atoms with Crippen LogP contribution in [0, 0.1) is 13.8 Å². The Bertz CT molecular complexity index is 802. The predicted octanol–water partition coefficient (Wildman–Crippen LogP) is 4.37. The summed E-state index contributed by atoms with van der Waals surface area (Å²) in [5.74, 6) is -0.0752. The second kappa shape index (κ2) is 8.30. The maximum atomic E-state index is 12.3. The van der Waals surface area contributed by atoms with Gasteiger partial charge in [0.15, 0.2) is 0 Å². The third kappa shape index (κ3) is 4.70. The van der Waals surface area contributed by atoms with E-state index in [1.54, 1.807) is 18.2 Å². The molecule has 0 saturated carbocycles. The first-order valence-electron chi connectivity index (χ1n) is 8.72. The number of benzene rings is 2. The molecule has 1 N–H and O–H groups in total. The van der Waals surface area contributed by atoms with Gasteiger partial charge >= 0.3 is 0 Å². The van der Waals surface area contributed by atoms with Gasteiger partial charge in [0.05, 0.1) is 17.3 Å². The highest BCUT2D eigenvalue weighted by Gasteiger charge is 2.20. The van der Waals surface area contributed by atoms with Gasteiger partial charge in [0.1, 0.15) is 0 Å². The lowest BCUT2D eigenvalue weighted by Gasteiger charge is -2.36. The molecule has 6 heteroatoms. The summed E-state index contributed by atoms with van der Waals surface area (Å²) >= 11 is 12.1. The van der Waals surface area contributed by atoms with E-state index in [2.05, 4.69) is 47.2 Å². The summed E-state index contributed by atoms with van der Waals surface area (Å²) in [6, 6.07) is 11.6. The number of hydrogen-bond acceptors (Lipinski definition) is 3. The third-order valence-electron chi connectivity index (χ3n) is 4.80. The van der Waals surface area contributed by atoms with Crippen molar-refractivity contribution in [2.24, 2.45) is 0 Å². The lowest BCUT2D eigenvalue weighted by atomic mass is 10.1. The van der Waals surface area contributed by atoms with Crippen LogP contribution >= 0.6 is 23.2 Å². The van der Waals surface area contributed by atoms with Crippen LogP contribution in [0.5, 0.6) is 0 Å². The van der Waals surface area contributed by atoms with Gasteiger partial charge in [0, 0.05) is 36.9 Å². The van der Waals surface area contributed by atoms with E-state index in [1.165, 1.54) is 16.8 Å². The molecule has 1 heterocycles. The van der Waals surface area contributed by atoms with E-state index >= 15 is 0 Å². The van der Waals surface area contributed by atoms with Gasteiger partial charge in [-0.25, -0.2) is 0 Å². The van der Waals surface area contributed by atoms with Gasteiger partial charge in [-0.2, -0.15) is 0 Å². The number of amides is 1. The quantitative estimate of drug-likeness (QED) is 0.839. The van der Waals surface area contributed by atoms with Gasteiger partial charge < -0.3 is 10.2 Å². The number of carbonyl (C=O) groups excluding carboxylic acids is 1. The van der Waals surface area contributed by atoms with Crippen molar-refractivity contribution in [3.63, 3.8) is 0 Å². The molecular weight excluding hydrogens is 369 g/mol. The Morgan fingerprint density at radius 2 is 1.73 bits per heavy atom. The van der Waals surface area contributed by atoms with Crippen LogP contribution < -0.4 is 10.2 Å². The van der Waals surface area contributed by atoms with E-state index in [1.807, 2.05) is 0 Å². The maximum absolute atomic E-state index is 12.3. The van der Waals surface area contributed by atoms with Crippen LogP contribution in [0.4, 0.5) is 11.4 Å². The van der Waals surface area contributed by atoms with E-state index in [-0.39, 0.29) is 5.91 Å². The van der Waals surface area contributed by atoms with Gasteiger partial charge in [-0.05, 0) is 55.3 Å². The third-order valence-corrected chi connectivity index (χ3v) is 5.36. The van der Waals surface area contributed by atoms with Crippen molar-refractivity contribution in [2.45, 2.75) is 13.8 Å². The molecule has 1 aliphatic heterocycles. The lowest BCUT2D eigenvalue weighted by Crippen LogP contribution is -2.48. The van der Waals surface area contributed by atoms with Gasteiger partial charge in [0.25, 0.3) is 0 Å². The molecule has 138 valence electrons. The molecule has 3 rings (SSSR count). The van der Waals surface area contributed by atoms with E-state index < -0.39 is 0 Å². The fourth-order valence-electron chi connectivity index (χ4n) is 3.07. The molecule has 2 aromatic rings. The van der Waals surface area contributed by atoms with Crippen LogP contribution in [0.15, 0.2) is 36.4 Å². The van der Waals surface area contributed by atoms with E-state index in [0.717, 1.165) is 26.2 Å². The molecule has 1 fully saturated rings. The highest BCUT2D eigenvalue weighted by molar-refractivity contribution is 6.35. The summed E-state index contributed by atoms with van der Waals surface area (Å²) in [4.78, 5) is 16.8. The van der Waals surface area contributed by atoms with Crippen LogP contribution in [-0.4, -0.2) is 43.5 Å². The summed E-state index contributed by atoms with van der Waals surface area (Å²) in [5, 5.41) is 3.88. The van der Waals surface area contributed by atoms with Crippen LogP contribution in [0.25, 0.3) is 0 Å². The highest BCUT2D eigenvalue weighted by Crippen LogP contribution is 2.25. The van der Waals surface area contributed by atoms with Crippen molar-refractivity contribution in [1.82, 2.24) is 4.90 Å². The van der Waals surface area contributed by atoms with Gasteiger partial charge in [0.2, 0.25) is 5.91 Å². The summed E-state index contributed by atoms with van der Waals surface area (Å²) in [6.45, 7) is 8.14. The Morgan fingerprint density at radius 3 is 2.42 bits per heavy atom. The first-order chi connectivity index (χ1) is 12.4. The molecule has 2 aromatic carbocycles. The Morgan fingerprint density at radius 1 is 1.00 bits per heavy atom. The maximum Gasteiger partial charge on any atom is 0.238 e. The van der Waals surface area contributed by atoms with E-state index in [4.69, 9.17) is 23.2 Å². The van der Waals surface area contributed by atoms with Crippen LogP contribution in [0.2, 0.25) is 10.0 Å². The molecule has 0 radical (unpaired) electrons. The number of halogens is 2. The minimum Gasteiger partial charge on any atom is -0.369 e. The van der Waals surface area contributed by atoms with Crippen molar-refractivity contribution in [3.05, 3.63) is 57.6 Å². The van der Waals surface area contributed by atoms with Crippen molar-refractivity contribution < 1.29 is 4.79 Å². The number of piperazine rings is 1. The number of hydrogen-bond donors (Lipinski definition) is 1. The molecule has 0 atom stereocenters. The van der Waals surface area contributed by atoms with Crippen LogP contribution in [0.1, 0.15) is 11.1 Å². The SMILES string of the molecule is Cc1ccc(N2CCN(CC(=O)Nc3cc(Cl)ccc3Cl)CC2)cc1C. The van der Waals surface area contributed by atoms with Crippen molar-refractivity contribution in [2.75, 3.05) is 42.9 Å². The monoisotopic (exact) mass is 391 g/mol. The number of aryl methyl sites for hydroxylation is 2. The van der Waals surface area contributed by atoms with E-state index in [9.17, 15) is 4.79 Å². The number of rotatable bonds is 4. The van der Waals surface area contributed by atoms with Crippen LogP contribution in [-0.2, 0) is 4.79 Å². The van der Waals surface area contributed by atoms with Crippen LogP contribution in [0.3, 0.4) is 0 Å². The molecule has 1 saturated heterocycles. The zero-order chi connectivity index (χ0) is 18.7. The highest BCUT2D eigenvalue weighted by atomic mass is 35.5. The van der Waals surface area contributed by atoms with Gasteiger partial charge in [-0.15, -0.1) is 0 Å². The molecule has 0 aromatic heterocycles. The lowest BCUT2D eigenvalue weighted by molar-refractivity contribution is -0.117. The zero-order valence-electron chi connectivity index (χ0n) is 15.1. The molecule has 26 heavy (non-hydrogen) atoms. The van der Waals surface area contributed by atoms with E-state index in [0.29, 0.717) is 22.3 Å². The average Bonchev–Trinajstić information content (AvgIpc) is 2.61. The first-order valence-corrected chi connectivity index (χ1v) is 9.47. The predicted molar refractivity (Wildman–Crippen MR) is 110 cm³/mol. The van der Waals surface area contributed by atoms with Gasteiger partial charge in [-0.1, -0.05) is 29.3 Å². The fourth-order valence-corrected chi connectivity index (χ4v) is 3.41. The smallest absolute Gasteiger partial charge is 0.238 e. The molecule has 4 nitrogen and oxygen atoms in total. The number of anilines is 2. The standard InChI is InChI=1S/C20H23Cl2N3O/c1-14-3-5-17(11-15(14)2)25-9-7-24(8-10-25)13-20(26)23-19-12-16(21)4-6-18(19)22/h3-6,11-12H,7-10,13H2,1-2H3,(H,23,26). The largest absolute Gasteiger partial charge is 0.369 e. The van der Waals surface area contributed by atoms with Crippen molar-refractivity contribution in [1.29, 1.82) is 0 Å². The summed E-state index contributed by atoms with van der Waals surface area (Å²) in [7, 11) is 0. The minimum atomic E-state index is -0.0752. The molecule has 1 aliphatic rings. The van der Waals surface area contributed by atoms with Crippen molar-refractivity contribution >= 4 is 40.5 Å². The molecule has 0 aliphatic carbocycles. The average molecular weight is 392 g/mol. The normalized spacial score (nSPS) is 15.2. The minimum absolute atomic E-state index is 0.0752. The summed E-state index contributed by atoms with van der Waals surface area (Å²) in [6.07, 6.45) is 0. The Hall–Kier alpha value is -1.75. The molecule has 1 amide bonds. The first kappa shape index (κ1) is 19.0. The molecule has 0 bridgehead atoms. The number of nitrogens with one attached hydrogen (secondary N) is 1. The Kier molecular flexibility index (Phi) is 6.07.